The molecule has 0 spiro atoms. The van der Waals surface area contributed by atoms with Crippen molar-refractivity contribution in [1.82, 2.24) is 16.0 Å². The number of carbonyl (C=O) groups is 2. The molecule has 3 aliphatic rings. The van der Waals surface area contributed by atoms with Gasteiger partial charge in [0.15, 0.2) is 0 Å². The molecule has 1 heterocycles. The largest absolute Gasteiger partial charge is 0.356 e. The summed E-state index contributed by atoms with van der Waals surface area (Å²) in [5.74, 6) is 0.101. The van der Waals surface area contributed by atoms with Crippen LogP contribution in [0.25, 0.3) is 0 Å². The van der Waals surface area contributed by atoms with Gasteiger partial charge in [-0.2, -0.15) is 0 Å². The Hall–Kier alpha value is -0.810. The molecule has 1 saturated heterocycles. The lowest BCUT2D eigenvalue weighted by Crippen LogP contribution is -2.47. The fourth-order valence-corrected chi connectivity index (χ4v) is 3.94. The van der Waals surface area contributed by atoms with Crippen molar-refractivity contribution >= 4 is 24.2 Å². The Bertz CT molecular complexity index is 495. The molecule has 2 saturated carbocycles. The van der Waals surface area contributed by atoms with E-state index in [1.807, 2.05) is 0 Å². The molecule has 25 heavy (non-hydrogen) atoms. The maximum atomic E-state index is 12.8. The van der Waals surface area contributed by atoms with Crippen LogP contribution in [0.5, 0.6) is 0 Å². The molecule has 5 nitrogen and oxygen atoms in total. The molecule has 0 bridgehead atoms. The molecule has 144 valence electrons. The molecule has 0 radical (unpaired) electrons. The number of amides is 2. The molecule has 3 fully saturated rings. The van der Waals surface area contributed by atoms with Gasteiger partial charge in [-0.25, -0.2) is 0 Å². The third-order valence-electron chi connectivity index (χ3n) is 6.92. The third-order valence-corrected chi connectivity index (χ3v) is 6.92. The van der Waals surface area contributed by atoms with Gasteiger partial charge in [0.2, 0.25) is 11.8 Å². The van der Waals surface area contributed by atoms with Crippen molar-refractivity contribution in [2.45, 2.75) is 65.2 Å². The van der Waals surface area contributed by atoms with Crippen LogP contribution in [0.4, 0.5) is 0 Å². The van der Waals surface area contributed by atoms with Crippen molar-refractivity contribution < 1.29 is 9.59 Å². The van der Waals surface area contributed by atoms with E-state index in [1.165, 1.54) is 25.7 Å². The molecule has 1 aliphatic heterocycles. The molecule has 1 unspecified atom stereocenters. The zero-order valence-electron chi connectivity index (χ0n) is 15.7. The minimum Gasteiger partial charge on any atom is -0.356 e. The van der Waals surface area contributed by atoms with Crippen LogP contribution in [0.2, 0.25) is 0 Å². The second kappa shape index (κ2) is 7.83. The van der Waals surface area contributed by atoms with E-state index in [0.29, 0.717) is 23.8 Å². The first-order valence-electron chi connectivity index (χ1n) is 9.73. The lowest BCUT2D eigenvalue weighted by molar-refractivity contribution is -0.135. The van der Waals surface area contributed by atoms with E-state index in [4.69, 9.17) is 0 Å². The van der Waals surface area contributed by atoms with Crippen molar-refractivity contribution in [2.75, 3.05) is 26.2 Å². The average molecular weight is 372 g/mol. The highest BCUT2D eigenvalue weighted by Gasteiger charge is 2.46. The van der Waals surface area contributed by atoms with E-state index < -0.39 is 5.41 Å². The van der Waals surface area contributed by atoms with E-state index in [0.717, 1.165) is 38.9 Å². The number of rotatable bonds is 9. The van der Waals surface area contributed by atoms with Crippen molar-refractivity contribution in [2.24, 2.45) is 16.2 Å². The highest BCUT2D eigenvalue weighted by atomic mass is 35.5. The average Bonchev–Trinajstić information content (AvgIpc) is 3.50. The fraction of sp³-hybridized carbons (Fsp3) is 0.895. The number of halogens is 1. The Morgan fingerprint density at radius 1 is 0.920 bits per heavy atom. The van der Waals surface area contributed by atoms with Crippen LogP contribution in [0.1, 0.15) is 65.2 Å². The summed E-state index contributed by atoms with van der Waals surface area (Å²) < 4.78 is 0. The van der Waals surface area contributed by atoms with Crippen molar-refractivity contribution in [1.29, 1.82) is 0 Å². The minimum absolute atomic E-state index is 0. The summed E-state index contributed by atoms with van der Waals surface area (Å²) in [6.07, 6.45) is 8.18. The molecule has 6 heteroatoms. The molecule has 0 aromatic rings. The Morgan fingerprint density at radius 3 is 1.92 bits per heavy atom. The summed E-state index contributed by atoms with van der Waals surface area (Å²) in [5, 5.41) is 9.53. The summed E-state index contributed by atoms with van der Waals surface area (Å²) in [4.78, 5) is 25.3. The van der Waals surface area contributed by atoms with Gasteiger partial charge in [-0.15, -0.1) is 12.4 Å². The van der Waals surface area contributed by atoms with Crippen LogP contribution in [0.3, 0.4) is 0 Å². The monoisotopic (exact) mass is 371 g/mol. The van der Waals surface area contributed by atoms with Gasteiger partial charge in [-0.1, -0.05) is 13.8 Å². The number of nitrogens with one attached hydrogen (secondary N) is 3. The Balaban J connectivity index is 0.00000225. The molecular formula is C19H34ClN3O2. The quantitative estimate of drug-likeness (QED) is 0.582. The number of carbonyl (C=O) groups excluding carboxylic acids is 2. The predicted octanol–water partition coefficient (Wildman–Crippen LogP) is 2.39. The van der Waals surface area contributed by atoms with Crippen LogP contribution in [-0.4, -0.2) is 38.0 Å². The molecule has 2 aliphatic carbocycles. The fourth-order valence-electron chi connectivity index (χ4n) is 3.94. The zero-order valence-corrected chi connectivity index (χ0v) is 16.5. The normalized spacial score (nSPS) is 27.9. The second-order valence-electron chi connectivity index (χ2n) is 8.55. The van der Waals surface area contributed by atoms with E-state index in [2.05, 4.69) is 29.8 Å². The first kappa shape index (κ1) is 20.5. The lowest BCUT2D eigenvalue weighted by Gasteiger charge is -2.28. The van der Waals surface area contributed by atoms with Gasteiger partial charge in [0.05, 0.1) is 5.41 Å². The summed E-state index contributed by atoms with van der Waals surface area (Å²) in [6.45, 7) is 7.36. The van der Waals surface area contributed by atoms with Crippen LogP contribution in [0, 0.1) is 16.2 Å². The van der Waals surface area contributed by atoms with Crippen molar-refractivity contribution in [3.8, 4) is 0 Å². The highest BCUT2D eigenvalue weighted by Crippen LogP contribution is 2.48. The molecule has 3 rings (SSSR count). The van der Waals surface area contributed by atoms with Crippen molar-refractivity contribution in [3.63, 3.8) is 0 Å². The standard InChI is InChI=1S/C19H33N3O2.ClH/c1-3-17(5-6-17)12-21-15(23)11-19(9-10-20-14-19)16(24)22-13-18(4-2)7-8-18;/h20H,3-14H2,1-2H3,(H,21,23)(H,22,24);1H. The number of hydrogen-bond donors (Lipinski definition) is 3. The van der Waals surface area contributed by atoms with Gasteiger partial charge in [0.1, 0.15) is 0 Å². The van der Waals surface area contributed by atoms with Crippen molar-refractivity contribution in [3.05, 3.63) is 0 Å². The maximum absolute atomic E-state index is 12.8. The maximum Gasteiger partial charge on any atom is 0.228 e. The molecule has 2 amide bonds. The molecule has 0 aromatic heterocycles. The van der Waals surface area contributed by atoms with E-state index >= 15 is 0 Å². The van der Waals surface area contributed by atoms with Gasteiger partial charge in [-0.05, 0) is 62.3 Å². The van der Waals surface area contributed by atoms with Gasteiger partial charge in [0, 0.05) is 26.1 Å². The van der Waals surface area contributed by atoms with Crippen LogP contribution < -0.4 is 16.0 Å². The van der Waals surface area contributed by atoms with Crippen LogP contribution >= 0.6 is 12.4 Å². The molecule has 1 atom stereocenters. The topological polar surface area (TPSA) is 70.2 Å². The van der Waals surface area contributed by atoms with Crippen LogP contribution in [-0.2, 0) is 9.59 Å². The zero-order chi connectivity index (χ0) is 17.3. The molecule has 3 N–H and O–H groups in total. The van der Waals surface area contributed by atoms with E-state index in [9.17, 15) is 9.59 Å². The van der Waals surface area contributed by atoms with Gasteiger partial charge in [-0.3, -0.25) is 9.59 Å². The Morgan fingerprint density at radius 2 is 1.48 bits per heavy atom. The van der Waals surface area contributed by atoms with Crippen LogP contribution in [0.15, 0.2) is 0 Å². The SMILES string of the molecule is CCC1(CNC(=O)CC2(C(=O)NCC3(CC)CC3)CCNC2)CC1.Cl. The first-order valence-corrected chi connectivity index (χ1v) is 9.73. The van der Waals surface area contributed by atoms with E-state index in [-0.39, 0.29) is 24.2 Å². The summed E-state index contributed by atoms with van der Waals surface area (Å²) in [5.41, 5.74) is 0.125. The predicted molar refractivity (Wildman–Crippen MR) is 102 cm³/mol. The summed E-state index contributed by atoms with van der Waals surface area (Å²) >= 11 is 0. The lowest BCUT2D eigenvalue weighted by atomic mass is 9.81. The van der Waals surface area contributed by atoms with Gasteiger partial charge < -0.3 is 16.0 Å². The minimum atomic E-state index is -0.559. The second-order valence-corrected chi connectivity index (χ2v) is 8.55. The third kappa shape index (κ3) is 4.68. The van der Waals surface area contributed by atoms with Gasteiger partial charge >= 0.3 is 0 Å². The molecular weight excluding hydrogens is 338 g/mol. The molecule has 0 aromatic carbocycles. The number of hydrogen-bond acceptors (Lipinski definition) is 3. The summed E-state index contributed by atoms with van der Waals surface area (Å²) in [7, 11) is 0. The first-order chi connectivity index (χ1) is 11.5. The van der Waals surface area contributed by atoms with E-state index in [1.54, 1.807) is 0 Å². The highest BCUT2D eigenvalue weighted by molar-refractivity contribution is 5.89. The van der Waals surface area contributed by atoms with Gasteiger partial charge in [0.25, 0.3) is 0 Å². The smallest absolute Gasteiger partial charge is 0.228 e. The summed E-state index contributed by atoms with van der Waals surface area (Å²) in [6, 6.07) is 0. The Kier molecular flexibility index (Phi) is 6.42. The Labute approximate surface area is 157 Å².